The van der Waals surface area contributed by atoms with E-state index in [1.54, 1.807) is 12.1 Å². The minimum absolute atomic E-state index is 0.187. The van der Waals surface area contributed by atoms with E-state index in [0.717, 1.165) is 0 Å². The highest BCUT2D eigenvalue weighted by atomic mass is 15.0. The molecule has 0 amide bonds. The largest absolute Gasteiger partial charge is 0.239 e. The van der Waals surface area contributed by atoms with Crippen molar-refractivity contribution in [3.63, 3.8) is 0 Å². The van der Waals surface area contributed by atoms with Crippen LogP contribution in [0.2, 0.25) is 0 Å². The third-order valence-electron chi connectivity index (χ3n) is 2.08. The Balaban J connectivity index is 2.27. The Kier molecular flexibility index (Phi) is 5.02. The molecular weight excluding hydrogens is 284 g/mol. The lowest BCUT2D eigenvalue weighted by atomic mass is 10.3. The zero-order valence-electron chi connectivity index (χ0n) is 10.9. The van der Waals surface area contributed by atoms with Crippen molar-refractivity contribution in [2.24, 2.45) is 9.98 Å². The molecule has 0 aliphatic heterocycles. The molecule has 0 aliphatic rings. The van der Waals surface area contributed by atoms with Crippen molar-refractivity contribution < 1.29 is 0 Å². The van der Waals surface area contributed by atoms with Gasteiger partial charge >= 0.3 is 0 Å². The summed E-state index contributed by atoms with van der Waals surface area (Å²) >= 11 is 0. The van der Waals surface area contributed by atoms with Gasteiger partial charge in [0.25, 0.3) is 0 Å². The molecule has 0 fully saturated rings. The van der Waals surface area contributed by atoms with E-state index in [1.807, 2.05) is 0 Å². The summed E-state index contributed by atoms with van der Waals surface area (Å²) in [4.78, 5) is 30.2. The van der Waals surface area contributed by atoms with Crippen LogP contribution in [0.1, 0.15) is 11.6 Å². The Labute approximate surface area is 124 Å². The molecule has 0 saturated carbocycles. The maximum absolute atomic E-state index is 9.06. The summed E-state index contributed by atoms with van der Waals surface area (Å²) in [5.41, 5.74) is -0.374. The summed E-state index contributed by atoms with van der Waals surface area (Å²) in [6.45, 7) is 0. The zero-order valence-corrected chi connectivity index (χ0v) is 10.9. The van der Waals surface area contributed by atoms with E-state index in [0.29, 0.717) is 0 Å². The summed E-state index contributed by atoms with van der Waals surface area (Å²) in [6, 6.07) is 3.56. The lowest BCUT2D eigenvalue weighted by Crippen LogP contribution is -1.95. The van der Waals surface area contributed by atoms with E-state index in [4.69, 9.17) is 10.5 Å². The van der Waals surface area contributed by atoms with Crippen molar-refractivity contribution in [3.05, 3.63) is 48.4 Å². The van der Waals surface area contributed by atoms with Crippen molar-refractivity contribution in [1.29, 1.82) is 10.5 Å². The van der Waals surface area contributed by atoms with Crippen LogP contribution in [0.3, 0.4) is 0 Å². The van der Waals surface area contributed by atoms with Gasteiger partial charge in [0.15, 0.2) is 23.0 Å². The molecule has 2 rings (SSSR count). The van der Waals surface area contributed by atoms with Gasteiger partial charge in [0, 0.05) is 0 Å². The number of allylic oxidation sites excluding steroid dienone is 2. The summed E-state index contributed by atoms with van der Waals surface area (Å²) in [5.74, 6) is 0.503. The van der Waals surface area contributed by atoms with Crippen LogP contribution in [-0.2, 0) is 0 Å². The van der Waals surface area contributed by atoms with E-state index in [1.165, 1.54) is 37.7 Å². The lowest BCUT2D eigenvalue weighted by molar-refractivity contribution is 1.03. The van der Waals surface area contributed by atoms with E-state index in [9.17, 15) is 0 Å². The molecule has 0 N–H and O–H groups in total. The highest BCUT2D eigenvalue weighted by Crippen LogP contribution is 2.06. The van der Waals surface area contributed by atoms with Gasteiger partial charge in [0.1, 0.15) is 37.4 Å². The average Bonchev–Trinajstić information content (AvgIpc) is 2.59. The van der Waals surface area contributed by atoms with Gasteiger partial charge in [-0.1, -0.05) is 0 Å². The van der Waals surface area contributed by atoms with Crippen LogP contribution >= 0.6 is 0 Å². The van der Waals surface area contributed by atoms with Gasteiger partial charge < -0.3 is 0 Å². The Bertz CT molecular complexity index is 726. The molecule has 0 aromatic carbocycles. The molecule has 0 radical (unpaired) electrons. The minimum atomic E-state index is -0.187. The number of hydrogen-bond acceptors (Lipinski definition) is 10. The monoisotopic (exact) mass is 290 g/mol. The fourth-order valence-electron chi connectivity index (χ4n) is 1.16. The minimum Gasteiger partial charge on any atom is -0.239 e. The standard InChI is InChI=1S/C12H6N10/c13-1-9(17-3-11-19-5-15-6-20-11)10(2-14)18-4-12-21-7-16-8-22-12/h3-8H. The highest BCUT2D eigenvalue weighted by molar-refractivity contribution is 5.77. The first kappa shape index (κ1) is 14.5. The van der Waals surface area contributed by atoms with Crippen LogP contribution in [0.4, 0.5) is 0 Å². The summed E-state index contributed by atoms with van der Waals surface area (Å²) in [7, 11) is 0. The maximum atomic E-state index is 9.06. The van der Waals surface area contributed by atoms with Gasteiger partial charge in [-0.25, -0.2) is 39.9 Å². The second kappa shape index (κ2) is 7.62. The molecule has 0 atom stereocenters. The van der Waals surface area contributed by atoms with E-state index in [2.05, 4.69) is 39.9 Å². The molecule has 2 aromatic rings. The number of aliphatic imine (C=N–C) groups is 2. The summed E-state index contributed by atoms with van der Waals surface area (Å²) in [6.07, 6.45) is 7.61. The summed E-state index contributed by atoms with van der Waals surface area (Å²) in [5, 5.41) is 18.1. The second-order valence-electron chi connectivity index (χ2n) is 3.43. The van der Waals surface area contributed by atoms with Crippen LogP contribution in [-0.4, -0.2) is 42.3 Å². The normalized spacial score (nSPS) is 11.9. The first-order valence-corrected chi connectivity index (χ1v) is 5.70. The van der Waals surface area contributed by atoms with Crippen LogP contribution in [0.5, 0.6) is 0 Å². The van der Waals surface area contributed by atoms with Gasteiger partial charge in [0.05, 0.1) is 12.4 Å². The first-order valence-electron chi connectivity index (χ1n) is 5.70. The van der Waals surface area contributed by atoms with E-state index >= 15 is 0 Å². The number of nitriles is 2. The van der Waals surface area contributed by atoms with Gasteiger partial charge in [-0.05, 0) is 0 Å². The SMILES string of the molecule is N#CC(N=Cc1ncncn1)=C(C#N)N=Cc1ncncn1. The lowest BCUT2D eigenvalue weighted by Gasteiger charge is -1.92. The van der Waals surface area contributed by atoms with Crippen LogP contribution in [0.25, 0.3) is 0 Å². The first-order chi connectivity index (χ1) is 10.8. The third kappa shape index (κ3) is 4.04. The van der Waals surface area contributed by atoms with Crippen LogP contribution in [0, 0.1) is 22.7 Å². The van der Waals surface area contributed by atoms with Crippen molar-refractivity contribution >= 4 is 12.4 Å². The summed E-state index contributed by atoms with van der Waals surface area (Å²) < 4.78 is 0. The quantitative estimate of drug-likeness (QED) is 0.557. The molecule has 0 spiro atoms. The molecule has 0 unspecified atom stereocenters. The smallest absolute Gasteiger partial charge is 0.177 e. The number of nitrogens with zero attached hydrogens (tertiary/aromatic N) is 10. The molecule has 2 heterocycles. The Morgan fingerprint density at radius 3 is 1.45 bits per heavy atom. The Hall–Kier alpha value is -3.92. The van der Waals surface area contributed by atoms with Crippen molar-refractivity contribution in [2.45, 2.75) is 0 Å². The Morgan fingerprint density at radius 2 is 1.14 bits per heavy atom. The van der Waals surface area contributed by atoms with Gasteiger partial charge in [-0.15, -0.1) is 0 Å². The van der Waals surface area contributed by atoms with Crippen LogP contribution < -0.4 is 0 Å². The second-order valence-corrected chi connectivity index (χ2v) is 3.43. The van der Waals surface area contributed by atoms with E-state index in [-0.39, 0.29) is 23.0 Å². The van der Waals surface area contributed by atoms with Gasteiger partial charge in [-0.3, -0.25) is 0 Å². The third-order valence-corrected chi connectivity index (χ3v) is 2.08. The predicted octanol–water partition coefficient (Wildman–Crippen LogP) is -0.147. The molecule has 0 saturated heterocycles. The number of rotatable bonds is 4. The van der Waals surface area contributed by atoms with Gasteiger partial charge in [0.2, 0.25) is 0 Å². The molecule has 0 aliphatic carbocycles. The maximum Gasteiger partial charge on any atom is 0.177 e. The molecule has 10 heteroatoms. The van der Waals surface area contributed by atoms with Crippen molar-refractivity contribution in [2.75, 3.05) is 0 Å². The molecule has 22 heavy (non-hydrogen) atoms. The molecular formula is C12H6N10. The zero-order chi connectivity index (χ0) is 15.6. The fourth-order valence-corrected chi connectivity index (χ4v) is 1.16. The topological polar surface area (TPSA) is 150 Å². The molecule has 0 bridgehead atoms. The molecule has 104 valence electrons. The predicted molar refractivity (Wildman–Crippen MR) is 73.1 cm³/mol. The van der Waals surface area contributed by atoms with E-state index < -0.39 is 0 Å². The molecule has 2 aromatic heterocycles. The Morgan fingerprint density at radius 1 is 0.773 bits per heavy atom. The van der Waals surface area contributed by atoms with Crippen molar-refractivity contribution in [3.8, 4) is 12.1 Å². The highest BCUT2D eigenvalue weighted by Gasteiger charge is 2.03. The fraction of sp³-hybridized carbons (Fsp3) is 0. The van der Waals surface area contributed by atoms with Crippen LogP contribution in [0.15, 0.2) is 46.7 Å². The number of hydrogen-bond donors (Lipinski definition) is 0. The van der Waals surface area contributed by atoms with Gasteiger partial charge in [-0.2, -0.15) is 10.5 Å². The number of aromatic nitrogens is 6. The molecule has 10 nitrogen and oxygen atoms in total. The van der Waals surface area contributed by atoms with Crippen molar-refractivity contribution in [1.82, 2.24) is 29.9 Å². The average molecular weight is 290 g/mol.